The molecule has 0 aromatic heterocycles. The van der Waals surface area contributed by atoms with Crippen molar-refractivity contribution in [3.05, 3.63) is 0 Å². The normalized spacial score (nSPS) is 29.0. The van der Waals surface area contributed by atoms with Gasteiger partial charge in [-0.15, -0.1) is 0 Å². The number of nitrogens with zero attached hydrogens (tertiary/aromatic N) is 1. The van der Waals surface area contributed by atoms with E-state index in [4.69, 9.17) is 5.11 Å². The number of carbonyl (C=O) groups is 1. The lowest BCUT2D eigenvalue weighted by Crippen LogP contribution is -2.44. The van der Waals surface area contributed by atoms with Crippen molar-refractivity contribution in [2.75, 3.05) is 26.3 Å². The molecule has 5 N–H and O–H groups in total. The van der Waals surface area contributed by atoms with Crippen molar-refractivity contribution in [1.29, 1.82) is 0 Å². The largest absolute Gasteiger partial charge is 0.395 e. The molecule has 1 heterocycles. The fraction of sp³-hybridized carbons (Fsp3) is 0.933. The Kier molecular flexibility index (Phi) is 8.89. The van der Waals surface area contributed by atoms with E-state index in [2.05, 4.69) is 12.2 Å². The standard InChI is InChI=1S/C15H30N2O5/c1-2-3-4-5-7-17-11(9-13(20)16-6-8-18)14(21)15(22)12(17)10-19/h11-12,14-15,18-19,21-22H,2-10H2,1H3,(H,16,20)/t11-,12-,14+,15+/m1/s1. The maximum absolute atomic E-state index is 11.8. The summed E-state index contributed by atoms with van der Waals surface area (Å²) in [6, 6.07) is -1.04. The average Bonchev–Trinajstić information content (AvgIpc) is 2.73. The second-order valence-electron chi connectivity index (χ2n) is 5.87. The van der Waals surface area contributed by atoms with Gasteiger partial charge in [0, 0.05) is 19.0 Å². The van der Waals surface area contributed by atoms with E-state index >= 15 is 0 Å². The van der Waals surface area contributed by atoms with Gasteiger partial charge in [0.2, 0.25) is 5.91 Å². The highest BCUT2D eigenvalue weighted by atomic mass is 16.3. The summed E-state index contributed by atoms with van der Waals surface area (Å²) in [6.45, 7) is 2.54. The van der Waals surface area contributed by atoms with Gasteiger partial charge in [-0.2, -0.15) is 0 Å². The molecule has 1 saturated heterocycles. The van der Waals surface area contributed by atoms with Crippen LogP contribution in [-0.2, 0) is 4.79 Å². The van der Waals surface area contributed by atoms with Crippen LogP contribution in [0.25, 0.3) is 0 Å². The predicted octanol–water partition coefficient (Wildman–Crippen LogP) is -1.17. The minimum atomic E-state index is -1.05. The molecule has 0 bridgehead atoms. The van der Waals surface area contributed by atoms with Gasteiger partial charge in [-0.1, -0.05) is 26.2 Å². The van der Waals surface area contributed by atoms with Gasteiger partial charge in [0.05, 0.1) is 31.5 Å². The molecule has 0 radical (unpaired) electrons. The Balaban J connectivity index is 2.64. The first kappa shape index (κ1) is 19.3. The smallest absolute Gasteiger partial charge is 0.221 e. The van der Waals surface area contributed by atoms with E-state index in [9.17, 15) is 20.1 Å². The van der Waals surface area contributed by atoms with Gasteiger partial charge >= 0.3 is 0 Å². The van der Waals surface area contributed by atoms with Gasteiger partial charge < -0.3 is 25.7 Å². The molecule has 1 fully saturated rings. The van der Waals surface area contributed by atoms with Crippen LogP contribution in [0.2, 0.25) is 0 Å². The zero-order valence-electron chi connectivity index (χ0n) is 13.3. The van der Waals surface area contributed by atoms with Crippen LogP contribution in [0.15, 0.2) is 0 Å². The van der Waals surface area contributed by atoms with Crippen molar-refractivity contribution >= 4 is 5.91 Å². The monoisotopic (exact) mass is 318 g/mol. The minimum Gasteiger partial charge on any atom is -0.395 e. The molecule has 0 saturated carbocycles. The van der Waals surface area contributed by atoms with E-state index in [0.717, 1.165) is 25.7 Å². The second-order valence-corrected chi connectivity index (χ2v) is 5.87. The lowest BCUT2D eigenvalue weighted by Gasteiger charge is -2.29. The third-order valence-corrected chi connectivity index (χ3v) is 4.28. The van der Waals surface area contributed by atoms with Crippen molar-refractivity contribution in [1.82, 2.24) is 10.2 Å². The number of hydrogen-bond acceptors (Lipinski definition) is 6. The highest BCUT2D eigenvalue weighted by Gasteiger charge is 2.47. The van der Waals surface area contributed by atoms with Crippen LogP contribution < -0.4 is 5.32 Å². The molecule has 0 spiro atoms. The number of aliphatic hydroxyl groups excluding tert-OH is 4. The van der Waals surface area contributed by atoms with Crippen molar-refractivity contribution < 1.29 is 25.2 Å². The van der Waals surface area contributed by atoms with Crippen molar-refractivity contribution in [3.63, 3.8) is 0 Å². The number of unbranched alkanes of at least 4 members (excludes halogenated alkanes) is 3. The predicted molar refractivity (Wildman–Crippen MR) is 82.2 cm³/mol. The van der Waals surface area contributed by atoms with E-state index in [1.807, 2.05) is 4.90 Å². The molecule has 0 aliphatic carbocycles. The summed E-state index contributed by atoms with van der Waals surface area (Å²) in [5.74, 6) is -0.276. The molecule has 1 rings (SSSR count). The molecule has 0 unspecified atom stereocenters. The van der Waals surface area contributed by atoms with Gasteiger partial charge in [0.15, 0.2) is 0 Å². The van der Waals surface area contributed by atoms with Gasteiger partial charge in [-0.05, 0) is 13.0 Å². The molecule has 130 valence electrons. The topological polar surface area (TPSA) is 113 Å². The summed E-state index contributed by atoms with van der Waals surface area (Å²) in [7, 11) is 0. The Bertz CT molecular complexity index is 329. The number of nitrogens with one attached hydrogen (secondary N) is 1. The molecule has 22 heavy (non-hydrogen) atoms. The van der Waals surface area contributed by atoms with Crippen LogP contribution in [0.1, 0.15) is 39.0 Å². The van der Waals surface area contributed by atoms with E-state index in [1.54, 1.807) is 0 Å². The fourth-order valence-corrected chi connectivity index (χ4v) is 3.05. The van der Waals surface area contributed by atoms with Crippen LogP contribution in [0.5, 0.6) is 0 Å². The highest BCUT2D eigenvalue weighted by Crippen LogP contribution is 2.28. The number of rotatable bonds is 10. The Hall–Kier alpha value is -0.730. The summed E-state index contributed by atoms with van der Waals surface area (Å²) < 4.78 is 0. The second kappa shape index (κ2) is 10.1. The van der Waals surface area contributed by atoms with Gasteiger partial charge in [0.1, 0.15) is 0 Å². The number of hydrogen-bond donors (Lipinski definition) is 5. The zero-order valence-corrected chi connectivity index (χ0v) is 13.3. The molecule has 7 heteroatoms. The average molecular weight is 318 g/mol. The number of amides is 1. The molecule has 1 aliphatic rings. The minimum absolute atomic E-state index is 0.0442. The third-order valence-electron chi connectivity index (χ3n) is 4.28. The van der Waals surface area contributed by atoms with Crippen LogP contribution in [0.3, 0.4) is 0 Å². The summed E-state index contributed by atoms with van der Waals surface area (Å²) in [6.07, 6.45) is 2.11. The highest BCUT2D eigenvalue weighted by molar-refractivity contribution is 5.76. The van der Waals surface area contributed by atoms with E-state index in [0.29, 0.717) is 6.54 Å². The van der Waals surface area contributed by atoms with Crippen molar-refractivity contribution in [3.8, 4) is 0 Å². The van der Waals surface area contributed by atoms with Gasteiger partial charge in [-0.25, -0.2) is 0 Å². The van der Waals surface area contributed by atoms with E-state index in [-0.39, 0.29) is 32.1 Å². The Morgan fingerprint density at radius 3 is 2.36 bits per heavy atom. The Morgan fingerprint density at radius 1 is 1.09 bits per heavy atom. The van der Waals surface area contributed by atoms with Crippen LogP contribution in [0.4, 0.5) is 0 Å². The first-order valence-corrected chi connectivity index (χ1v) is 8.17. The van der Waals surface area contributed by atoms with Gasteiger partial charge in [0.25, 0.3) is 0 Å². The molecule has 0 aromatic carbocycles. The lowest BCUT2D eigenvalue weighted by atomic mass is 10.1. The quantitative estimate of drug-likeness (QED) is 0.325. The van der Waals surface area contributed by atoms with E-state index in [1.165, 1.54) is 0 Å². The zero-order chi connectivity index (χ0) is 16.5. The summed E-state index contributed by atoms with van der Waals surface area (Å²) in [5, 5.41) is 41.0. The third kappa shape index (κ3) is 5.17. The van der Waals surface area contributed by atoms with Gasteiger partial charge in [-0.3, -0.25) is 9.69 Å². The summed E-state index contributed by atoms with van der Waals surface area (Å²) in [4.78, 5) is 13.7. The summed E-state index contributed by atoms with van der Waals surface area (Å²) in [5.41, 5.74) is 0. The fourth-order valence-electron chi connectivity index (χ4n) is 3.05. The Morgan fingerprint density at radius 2 is 1.77 bits per heavy atom. The van der Waals surface area contributed by atoms with Crippen LogP contribution >= 0.6 is 0 Å². The molecule has 1 aliphatic heterocycles. The SMILES string of the molecule is CCCCCCN1[C@H](CO)[C@H](O)[C@@H](O)[C@H]1CC(=O)NCCO. The number of carbonyl (C=O) groups excluding carboxylic acids is 1. The van der Waals surface area contributed by atoms with Crippen molar-refractivity contribution in [2.45, 2.75) is 63.3 Å². The lowest BCUT2D eigenvalue weighted by molar-refractivity contribution is -0.123. The maximum Gasteiger partial charge on any atom is 0.221 e. The van der Waals surface area contributed by atoms with Crippen LogP contribution in [0, 0.1) is 0 Å². The number of aliphatic hydroxyl groups is 4. The van der Waals surface area contributed by atoms with Crippen molar-refractivity contribution in [2.24, 2.45) is 0 Å². The van der Waals surface area contributed by atoms with Crippen LogP contribution in [-0.4, -0.2) is 81.8 Å². The van der Waals surface area contributed by atoms with E-state index < -0.39 is 24.3 Å². The molecule has 1 amide bonds. The maximum atomic E-state index is 11.8. The molecular weight excluding hydrogens is 288 g/mol. The first-order valence-electron chi connectivity index (χ1n) is 8.17. The molecular formula is C15H30N2O5. The molecule has 4 atom stereocenters. The first-order chi connectivity index (χ1) is 10.6. The number of likely N-dealkylation sites (tertiary alicyclic amines) is 1. The molecule has 0 aromatic rings. The Labute approximate surface area is 131 Å². The summed E-state index contributed by atoms with van der Waals surface area (Å²) >= 11 is 0. The molecule has 7 nitrogen and oxygen atoms in total.